The lowest BCUT2D eigenvalue weighted by molar-refractivity contribution is -0.257. The van der Waals surface area contributed by atoms with Gasteiger partial charge in [0.2, 0.25) is 0 Å². The highest BCUT2D eigenvalue weighted by molar-refractivity contribution is 5.94. The van der Waals surface area contributed by atoms with Crippen molar-refractivity contribution in [2.24, 2.45) is 0 Å². The van der Waals surface area contributed by atoms with Crippen LogP contribution in [0.1, 0.15) is 40.8 Å². The summed E-state index contributed by atoms with van der Waals surface area (Å²) in [5.41, 5.74) is 3.31. The predicted octanol–water partition coefficient (Wildman–Crippen LogP) is 4.26. The number of aryl methyl sites for hydroxylation is 2. The Kier molecular flexibility index (Phi) is 5.62. The van der Waals surface area contributed by atoms with Crippen LogP contribution >= 0.6 is 0 Å². The number of aromatic carboxylic acids is 1. The number of rotatable bonds is 7. The van der Waals surface area contributed by atoms with Crippen LogP contribution in [0.15, 0.2) is 68.2 Å². The maximum absolute atomic E-state index is 12.2. The number of carboxylic acid groups (broad SMARTS) is 1. The van der Waals surface area contributed by atoms with Crippen molar-refractivity contribution in [3.8, 4) is 16.9 Å². The minimum absolute atomic E-state index is 0.118. The lowest BCUT2D eigenvalue weighted by Gasteiger charge is -2.14. The molecule has 0 N–H and O–H groups in total. The third kappa shape index (κ3) is 4.23. The molecule has 4 rings (SSSR count). The molecule has 0 saturated carbocycles. The Labute approximate surface area is 178 Å². The van der Waals surface area contributed by atoms with Crippen molar-refractivity contribution in [3.63, 3.8) is 0 Å². The molecule has 0 spiro atoms. The summed E-state index contributed by atoms with van der Waals surface area (Å²) in [7, 11) is 0. The largest absolute Gasteiger partial charge is 0.542 e. The molecule has 0 bridgehead atoms. The normalized spacial score (nSPS) is 11.0. The Balaban J connectivity index is 1.76. The van der Waals surface area contributed by atoms with Crippen molar-refractivity contribution in [1.82, 2.24) is 0 Å². The van der Waals surface area contributed by atoms with Crippen LogP contribution in [0.25, 0.3) is 22.1 Å². The summed E-state index contributed by atoms with van der Waals surface area (Å²) >= 11 is 0. The predicted molar refractivity (Wildman–Crippen MR) is 114 cm³/mol. The molecule has 0 aliphatic rings. The second-order valence-electron chi connectivity index (χ2n) is 7.32. The van der Waals surface area contributed by atoms with Gasteiger partial charge in [-0.3, -0.25) is 0 Å². The number of benzene rings is 2. The standard InChI is InChI=1S/C25H22O6/c1-3-7-17-10-20-19(16-8-5-4-6-9-16)12-24(26)31-22(20)13-21(17)29-14-18-11-23(25(27)28)30-15(18)2/h4-6,8-13H,3,7,14H2,1-2H3,(H,27,28)/p-1. The van der Waals surface area contributed by atoms with E-state index < -0.39 is 11.6 Å². The molecule has 6 nitrogen and oxygen atoms in total. The number of carboxylic acids is 1. The molecule has 0 atom stereocenters. The van der Waals surface area contributed by atoms with Crippen LogP contribution in [0.2, 0.25) is 0 Å². The fourth-order valence-electron chi connectivity index (χ4n) is 3.61. The summed E-state index contributed by atoms with van der Waals surface area (Å²) in [6, 6.07) is 16.3. The van der Waals surface area contributed by atoms with E-state index in [2.05, 4.69) is 6.92 Å². The van der Waals surface area contributed by atoms with Crippen LogP contribution in [0.3, 0.4) is 0 Å². The number of hydrogen-bond acceptors (Lipinski definition) is 6. The van der Waals surface area contributed by atoms with Crippen molar-refractivity contribution in [1.29, 1.82) is 0 Å². The zero-order valence-electron chi connectivity index (χ0n) is 17.3. The summed E-state index contributed by atoms with van der Waals surface area (Å²) in [5, 5.41) is 11.9. The summed E-state index contributed by atoms with van der Waals surface area (Å²) < 4.78 is 16.7. The highest BCUT2D eigenvalue weighted by Crippen LogP contribution is 2.33. The lowest BCUT2D eigenvalue weighted by Crippen LogP contribution is -2.21. The Bertz CT molecular complexity index is 1300. The monoisotopic (exact) mass is 417 g/mol. The average Bonchev–Trinajstić information content (AvgIpc) is 3.13. The van der Waals surface area contributed by atoms with E-state index in [9.17, 15) is 14.7 Å². The minimum Gasteiger partial charge on any atom is -0.542 e. The third-order valence-corrected chi connectivity index (χ3v) is 5.13. The molecule has 0 unspecified atom stereocenters. The van der Waals surface area contributed by atoms with E-state index in [4.69, 9.17) is 13.6 Å². The van der Waals surface area contributed by atoms with Gasteiger partial charge in [0.1, 0.15) is 35.4 Å². The summed E-state index contributed by atoms with van der Waals surface area (Å²) in [6.07, 6.45) is 1.67. The number of furan rings is 1. The molecule has 2 aromatic heterocycles. The first-order valence-corrected chi connectivity index (χ1v) is 10.1. The Morgan fingerprint density at radius 1 is 1.03 bits per heavy atom. The second-order valence-corrected chi connectivity index (χ2v) is 7.32. The van der Waals surface area contributed by atoms with Crippen molar-refractivity contribution in [2.75, 3.05) is 0 Å². The molecule has 0 aliphatic carbocycles. The summed E-state index contributed by atoms with van der Waals surface area (Å²) in [6.45, 7) is 3.86. The molecule has 0 saturated heterocycles. The Morgan fingerprint density at radius 3 is 2.48 bits per heavy atom. The smallest absolute Gasteiger partial charge is 0.336 e. The highest BCUT2D eigenvalue weighted by Gasteiger charge is 2.15. The maximum atomic E-state index is 12.2. The highest BCUT2D eigenvalue weighted by atomic mass is 16.5. The maximum Gasteiger partial charge on any atom is 0.336 e. The summed E-state index contributed by atoms with van der Waals surface area (Å²) in [5.74, 6) is -0.572. The zero-order valence-corrected chi connectivity index (χ0v) is 17.3. The van der Waals surface area contributed by atoms with E-state index in [0.29, 0.717) is 22.7 Å². The topological polar surface area (TPSA) is 92.7 Å². The number of ether oxygens (including phenoxy) is 1. The van der Waals surface area contributed by atoms with Gasteiger partial charge in [-0.15, -0.1) is 0 Å². The van der Waals surface area contributed by atoms with Crippen LogP contribution in [-0.4, -0.2) is 5.97 Å². The van der Waals surface area contributed by atoms with Crippen LogP contribution < -0.4 is 15.5 Å². The van der Waals surface area contributed by atoms with Gasteiger partial charge in [-0.05, 0) is 42.2 Å². The van der Waals surface area contributed by atoms with E-state index in [1.54, 1.807) is 13.0 Å². The zero-order chi connectivity index (χ0) is 22.0. The van der Waals surface area contributed by atoms with Crippen molar-refractivity contribution in [2.45, 2.75) is 33.3 Å². The molecule has 0 amide bonds. The van der Waals surface area contributed by atoms with Gasteiger partial charge in [-0.25, -0.2) is 4.79 Å². The molecule has 4 aromatic rings. The molecule has 0 radical (unpaired) electrons. The van der Waals surface area contributed by atoms with Gasteiger partial charge < -0.3 is 23.5 Å². The number of fused-ring (bicyclic) bond motifs is 1. The van der Waals surface area contributed by atoms with E-state index in [0.717, 1.165) is 34.9 Å². The van der Waals surface area contributed by atoms with Gasteiger partial charge in [0.05, 0.1) is 0 Å². The van der Waals surface area contributed by atoms with Gasteiger partial charge in [0, 0.05) is 23.1 Å². The van der Waals surface area contributed by atoms with Crippen LogP contribution in [0.5, 0.6) is 5.75 Å². The van der Waals surface area contributed by atoms with E-state index in [1.165, 1.54) is 12.1 Å². The fraction of sp³-hybridized carbons (Fsp3) is 0.200. The van der Waals surface area contributed by atoms with Crippen LogP contribution in [-0.2, 0) is 13.0 Å². The quantitative estimate of drug-likeness (QED) is 0.417. The lowest BCUT2D eigenvalue weighted by atomic mass is 9.98. The number of carbonyl (C=O) groups excluding carboxylic acids is 1. The first-order valence-electron chi connectivity index (χ1n) is 10.1. The molecular formula is C25H21O6-. The third-order valence-electron chi connectivity index (χ3n) is 5.13. The summed E-state index contributed by atoms with van der Waals surface area (Å²) in [4.78, 5) is 23.2. The Morgan fingerprint density at radius 2 is 1.81 bits per heavy atom. The van der Waals surface area contributed by atoms with Gasteiger partial charge in [0.15, 0.2) is 0 Å². The molecular weight excluding hydrogens is 396 g/mol. The molecule has 2 aromatic carbocycles. The van der Waals surface area contributed by atoms with Crippen LogP contribution in [0, 0.1) is 6.92 Å². The van der Waals surface area contributed by atoms with E-state index >= 15 is 0 Å². The van der Waals surface area contributed by atoms with Crippen molar-refractivity contribution < 1.29 is 23.5 Å². The van der Waals surface area contributed by atoms with Gasteiger partial charge in [-0.2, -0.15) is 0 Å². The van der Waals surface area contributed by atoms with E-state index in [1.807, 2.05) is 36.4 Å². The number of carbonyl (C=O) groups is 1. The van der Waals surface area contributed by atoms with Crippen molar-refractivity contribution >= 4 is 16.9 Å². The Hall–Kier alpha value is -3.80. The number of hydrogen-bond donors (Lipinski definition) is 0. The van der Waals surface area contributed by atoms with Crippen molar-refractivity contribution in [3.05, 3.63) is 87.7 Å². The molecule has 0 aliphatic heterocycles. The molecule has 31 heavy (non-hydrogen) atoms. The fourth-order valence-corrected chi connectivity index (χ4v) is 3.61. The van der Waals surface area contributed by atoms with E-state index in [-0.39, 0.29) is 12.4 Å². The first-order chi connectivity index (χ1) is 15.0. The molecule has 0 fully saturated rings. The first kappa shape index (κ1) is 20.5. The minimum atomic E-state index is -1.37. The van der Waals surface area contributed by atoms with Crippen LogP contribution in [0.4, 0.5) is 0 Å². The molecule has 2 heterocycles. The SMILES string of the molecule is CCCc1cc2c(-c3ccccc3)cc(=O)oc2cc1OCc1cc(C(=O)[O-])oc1C. The second kappa shape index (κ2) is 8.52. The van der Waals surface area contributed by atoms with Gasteiger partial charge in [-0.1, -0.05) is 43.7 Å². The van der Waals surface area contributed by atoms with Gasteiger partial charge >= 0.3 is 5.63 Å². The molecule has 6 heteroatoms. The molecule has 158 valence electrons. The average molecular weight is 417 g/mol. The van der Waals surface area contributed by atoms with Gasteiger partial charge in [0.25, 0.3) is 0 Å².